The van der Waals surface area contributed by atoms with Gasteiger partial charge in [-0.15, -0.1) is 6.58 Å². The molecule has 1 saturated heterocycles. The van der Waals surface area contributed by atoms with E-state index < -0.39 is 29.6 Å². The Bertz CT molecular complexity index is 1030. The first-order valence-corrected chi connectivity index (χ1v) is 11.5. The number of aliphatic hydroxyl groups excluding tert-OH is 1. The molecule has 4 atom stereocenters. The summed E-state index contributed by atoms with van der Waals surface area (Å²) in [5.41, 5.74) is 0.126. The normalized spacial score (nSPS) is 26.8. The molecule has 1 saturated carbocycles. The molecule has 2 aromatic rings. The highest BCUT2D eigenvalue weighted by Crippen LogP contribution is 2.50. The van der Waals surface area contributed by atoms with Crippen molar-refractivity contribution in [3.63, 3.8) is 0 Å². The molecule has 1 heterocycles. The summed E-state index contributed by atoms with van der Waals surface area (Å²) in [6, 6.07) is 10.7. The zero-order chi connectivity index (χ0) is 23.0. The van der Waals surface area contributed by atoms with Crippen LogP contribution < -0.4 is 0 Å². The highest BCUT2D eigenvalue weighted by Gasteiger charge is 2.54. The molecule has 2 aromatic carbocycles. The number of carbonyl (C=O) groups is 1. The molecular weight excluding hydrogens is 452 g/mol. The summed E-state index contributed by atoms with van der Waals surface area (Å²) in [5.74, 6) is -0.635. The van der Waals surface area contributed by atoms with Crippen molar-refractivity contribution in [1.82, 2.24) is 4.90 Å². The van der Waals surface area contributed by atoms with Crippen molar-refractivity contribution in [1.29, 1.82) is 0 Å². The van der Waals surface area contributed by atoms with E-state index in [4.69, 9.17) is 27.9 Å². The molecule has 4 rings (SSSR count). The molecule has 0 spiro atoms. The summed E-state index contributed by atoms with van der Waals surface area (Å²) >= 11 is 12.2. The summed E-state index contributed by atoms with van der Waals surface area (Å²) in [4.78, 5) is 15.6. The number of nitrogens with zero attached hydrogens (tertiary/aromatic N) is 1. The summed E-state index contributed by atoms with van der Waals surface area (Å²) in [7, 11) is 0. The maximum Gasteiger partial charge on any atom is 0.255 e. The molecule has 0 bridgehead atoms. The second kappa shape index (κ2) is 9.14. The standard InChI is InChI=1S/C25H26Cl2FNO3/c1-3-11-25(2)24(31)29(21(14-30)15-7-8-15)22(16-9-10-19(27)20(28)13-16)23(32-25)17-5-4-6-18(26)12-17/h3-6,9-10,12-13,15,21-23,30H,1,7-8,11,14H2,2H3. The lowest BCUT2D eigenvalue weighted by molar-refractivity contribution is -0.204. The summed E-state index contributed by atoms with van der Waals surface area (Å²) < 4.78 is 21.0. The van der Waals surface area contributed by atoms with Crippen molar-refractivity contribution >= 4 is 29.1 Å². The first-order chi connectivity index (χ1) is 15.3. The van der Waals surface area contributed by atoms with Gasteiger partial charge < -0.3 is 14.7 Å². The van der Waals surface area contributed by atoms with E-state index in [2.05, 4.69) is 6.58 Å². The number of aliphatic hydroxyl groups is 1. The van der Waals surface area contributed by atoms with E-state index in [-0.39, 0.29) is 23.5 Å². The zero-order valence-corrected chi connectivity index (χ0v) is 19.3. The van der Waals surface area contributed by atoms with Crippen LogP contribution in [0.25, 0.3) is 0 Å². The average molecular weight is 478 g/mol. The molecule has 2 fully saturated rings. The molecule has 32 heavy (non-hydrogen) atoms. The van der Waals surface area contributed by atoms with E-state index in [1.165, 1.54) is 12.1 Å². The maximum atomic E-state index is 14.5. The lowest BCUT2D eigenvalue weighted by atomic mass is 9.85. The smallest absolute Gasteiger partial charge is 0.255 e. The fraction of sp³-hybridized carbons (Fsp3) is 0.400. The van der Waals surface area contributed by atoms with Gasteiger partial charge in [-0.05, 0) is 61.1 Å². The minimum Gasteiger partial charge on any atom is -0.394 e. The number of benzene rings is 2. The Morgan fingerprint density at radius 1 is 1.28 bits per heavy atom. The van der Waals surface area contributed by atoms with E-state index in [9.17, 15) is 14.3 Å². The van der Waals surface area contributed by atoms with Crippen molar-refractivity contribution in [3.8, 4) is 0 Å². The Balaban J connectivity index is 1.91. The van der Waals surface area contributed by atoms with Crippen LogP contribution in [-0.4, -0.2) is 34.2 Å². The van der Waals surface area contributed by atoms with Crippen LogP contribution in [0.4, 0.5) is 4.39 Å². The number of halogens is 3. The van der Waals surface area contributed by atoms with Crippen LogP contribution in [0.2, 0.25) is 10.0 Å². The van der Waals surface area contributed by atoms with E-state index in [0.717, 1.165) is 18.4 Å². The van der Waals surface area contributed by atoms with Crippen molar-refractivity contribution in [2.24, 2.45) is 5.92 Å². The van der Waals surface area contributed by atoms with Gasteiger partial charge in [-0.1, -0.05) is 47.5 Å². The lowest BCUT2D eigenvalue weighted by Gasteiger charge is -2.51. The number of amides is 1. The van der Waals surface area contributed by atoms with Crippen LogP contribution in [0.3, 0.4) is 0 Å². The third-order valence-corrected chi connectivity index (χ3v) is 6.91. The number of rotatable bonds is 7. The van der Waals surface area contributed by atoms with Crippen LogP contribution in [-0.2, 0) is 9.53 Å². The summed E-state index contributed by atoms with van der Waals surface area (Å²) in [5, 5.41) is 10.8. The Morgan fingerprint density at radius 3 is 2.62 bits per heavy atom. The summed E-state index contributed by atoms with van der Waals surface area (Å²) in [6.45, 7) is 5.35. The lowest BCUT2D eigenvalue weighted by Crippen LogP contribution is -2.61. The predicted octanol–water partition coefficient (Wildman–Crippen LogP) is 5.88. The third-order valence-electron chi connectivity index (χ3n) is 6.37. The quantitative estimate of drug-likeness (QED) is 0.506. The van der Waals surface area contributed by atoms with E-state index in [0.29, 0.717) is 17.0 Å². The largest absolute Gasteiger partial charge is 0.394 e. The highest BCUT2D eigenvalue weighted by atomic mass is 35.5. The second-order valence-electron chi connectivity index (χ2n) is 8.74. The highest BCUT2D eigenvalue weighted by molar-refractivity contribution is 6.31. The Hall–Kier alpha value is -1.92. The minimum atomic E-state index is -1.18. The number of morpholine rings is 1. The van der Waals surface area contributed by atoms with Gasteiger partial charge in [0.25, 0.3) is 5.91 Å². The Kier molecular flexibility index (Phi) is 6.64. The van der Waals surface area contributed by atoms with Gasteiger partial charge in [0.05, 0.1) is 23.7 Å². The Labute approximate surface area is 197 Å². The molecule has 1 aliphatic carbocycles. The predicted molar refractivity (Wildman–Crippen MR) is 123 cm³/mol. The molecule has 4 nitrogen and oxygen atoms in total. The zero-order valence-electron chi connectivity index (χ0n) is 17.8. The van der Waals surface area contributed by atoms with Gasteiger partial charge in [-0.25, -0.2) is 4.39 Å². The molecule has 1 N–H and O–H groups in total. The van der Waals surface area contributed by atoms with Gasteiger partial charge in [-0.3, -0.25) is 4.79 Å². The first-order valence-electron chi connectivity index (χ1n) is 10.7. The van der Waals surface area contributed by atoms with Crippen molar-refractivity contribution in [2.75, 3.05) is 6.61 Å². The molecule has 7 heteroatoms. The summed E-state index contributed by atoms with van der Waals surface area (Å²) in [6.07, 6.45) is 3.17. The molecular formula is C25H26Cl2FNO3. The second-order valence-corrected chi connectivity index (χ2v) is 9.58. The van der Waals surface area contributed by atoms with Gasteiger partial charge in [-0.2, -0.15) is 0 Å². The maximum absolute atomic E-state index is 14.5. The minimum absolute atomic E-state index is 0.0000525. The van der Waals surface area contributed by atoms with Gasteiger partial charge in [0.2, 0.25) is 0 Å². The van der Waals surface area contributed by atoms with Crippen LogP contribution in [0, 0.1) is 11.7 Å². The molecule has 1 amide bonds. The molecule has 170 valence electrons. The van der Waals surface area contributed by atoms with Crippen LogP contribution >= 0.6 is 23.2 Å². The van der Waals surface area contributed by atoms with Gasteiger partial charge in [0, 0.05) is 11.4 Å². The SMILES string of the molecule is C=CCC1(C)OC(c2cccc(Cl)c2)C(c2ccc(Cl)c(F)c2)N(C(CO)C2CC2)C1=O. The third kappa shape index (κ3) is 4.32. The van der Waals surface area contributed by atoms with E-state index in [1.54, 1.807) is 36.1 Å². The van der Waals surface area contributed by atoms with Crippen LogP contribution in [0.1, 0.15) is 49.5 Å². The first kappa shape index (κ1) is 23.2. The molecule has 1 aliphatic heterocycles. The monoisotopic (exact) mass is 477 g/mol. The van der Waals surface area contributed by atoms with Crippen molar-refractivity contribution in [2.45, 2.75) is 50.0 Å². The van der Waals surface area contributed by atoms with E-state index in [1.807, 2.05) is 12.1 Å². The van der Waals surface area contributed by atoms with Gasteiger partial charge in [0.1, 0.15) is 17.5 Å². The van der Waals surface area contributed by atoms with Crippen LogP contribution in [0.5, 0.6) is 0 Å². The molecule has 2 aliphatic rings. The fourth-order valence-electron chi connectivity index (χ4n) is 4.62. The van der Waals surface area contributed by atoms with Crippen molar-refractivity contribution < 1.29 is 19.0 Å². The topological polar surface area (TPSA) is 49.8 Å². The van der Waals surface area contributed by atoms with Crippen LogP contribution in [0.15, 0.2) is 55.1 Å². The van der Waals surface area contributed by atoms with E-state index >= 15 is 0 Å². The Morgan fingerprint density at radius 2 is 2.03 bits per heavy atom. The number of hydrogen-bond acceptors (Lipinski definition) is 3. The number of carbonyl (C=O) groups excluding carboxylic acids is 1. The average Bonchev–Trinajstić information content (AvgIpc) is 3.59. The van der Waals surface area contributed by atoms with Gasteiger partial charge >= 0.3 is 0 Å². The molecule has 0 radical (unpaired) electrons. The fourth-order valence-corrected chi connectivity index (χ4v) is 4.94. The number of ether oxygens (including phenoxy) is 1. The molecule has 4 unspecified atom stereocenters. The number of hydrogen-bond donors (Lipinski definition) is 1. The van der Waals surface area contributed by atoms with Crippen molar-refractivity contribution in [3.05, 3.63) is 82.1 Å². The van der Waals surface area contributed by atoms with Gasteiger partial charge in [0.15, 0.2) is 0 Å². The molecule has 0 aromatic heterocycles.